The molecule has 0 spiro atoms. The number of hydrogen-bond donors (Lipinski definition) is 2. The summed E-state index contributed by atoms with van der Waals surface area (Å²) < 4.78 is 0. The van der Waals surface area contributed by atoms with Gasteiger partial charge in [-0.15, -0.1) is 0 Å². The molecule has 1 atom stereocenters. The maximum Gasteiger partial charge on any atom is 0.114 e. The minimum Gasteiger partial charge on any atom is -0.398 e. The van der Waals surface area contributed by atoms with Crippen LogP contribution in [0, 0.1) is 0 Å². The van der Waals surface area contributed by atoms with Gasteiger partial charge in [0, 0.05) is 11.3 Å². The van der Waals surface area contributed by atoms with E-state index in [1.807, 2.05) is 48.5 Å². The summed E-state index contributed by atoms with van der Waals surface area (Å²) in [6.45, 7) is 1.76. The molecule has 0 fully saturated rings. The Kier molecular flexibility index (Phi) is 2.67. The molecule has 3 N–H and O–H groups in total. The molecule has 2 rings (SSSR count). The van der Waals surface area contributed by atoms with E-state index in [1.165, 1.54) is 0 Å². The summed E-state index contributed by atoms with van der Waals surface area (Å²) in [6, 6.07) is 16.9. The van der Waals surface area contributed by atoms with Crippen molar-refractivity contribution in [3.8, 4) is 0 Å². The third kappa shape index (κ3) is 1.79. The van der Waals surface area contributed by atoms with E-state index in [2.05, 4.69) is 0 Å². The fourth-order valence-corrected chi connectivity index (χ4v) is 1.86. The summed E-state index contributed by atoms with van der Waals surface area (Å²) in [6.07, 6.45) is 0. The Morgan fingerprint density at radius 2 is 1.50 bits per heavy atom. The van der Waals surface area contributed by atoms with Crippen molar-refractivity contribution in [2.45, 2.75) is 12.5 Å². The van der Waals surface area contributed by atoms with Gasteiger partial charge in [-0.3, -0.25) is 0 Å². The zero-order valence-electron chi connectivity index (χ0n) is 9.22. The van der Waals surface area contributed by atoms with Gasteiger partial charge in [-0.25, -0.2) is 0 Å². The van der Waals surface area contributed by atoms with Crippen molar-refractivity contribution in [3.63, 3.8) is 0 Å². The predicted molar refractivity (Wildman–Crippen MR) is 66.0 cm³/mol. The van der Waals surface area contributed by atoms with Crippen molar-refractivity contribution in [1.29, 1.82) is 0 Å². The summed E-state index contributed by atoms with van der Waals surface area (Å²) >= 11 is 0. The van der Waals surface area contributed by atoms with Crippen LogP contribution in [0.3, 0.4) is 0 Å². The normalized spacial score (nSPS) is 14.4. The first kappa shape index (κ1) is 10.7. The van der Waals surface area contributed by atoms with Crippen molar-refractivity contribution in [2.75, 3.05) is 5.73 Å². The second-order valence-corrected chi connectivity index (χ2v) is 4.03. The topological polar surface area (TPSA) is 46.2 Å². The predicted octanol–water partition coefficient (Wildman–Crippen LogP) is 2.52. The van der Waals surface area contributed by atoms with Crippen molar-refractivity contribution in [3.05, 3.63) is 65.7 Å². The van der Waals surface area contributed by atoms with Crippen LogP contribution in [-0.4, -0.2) is 5.11 Å². The van der Waals surface area contributed by atoms with Crippen molar-refractivity contribution >= 4 is 5.69 Å². The molecule has 0 amide bonds. The minimum atomic E-state index is -1.05. The fourth-order valence-electron chi connectivity index (χ4n) is 1.86. The zero-order valence-corrected chi connectivity index (χ0v) is 9.22. The summed E-state index contributed by atoms with van der Waals surface area (Å²) in [4.78, 5) is 0. The molecule has 0 bridgehead atoms. The summed E-state index contributed by atoms with van der Waals surface area (Å²) in [5.74, 6) is 0. The highest BCUT2D eigenvalue weighted by Gasteiger charge is 2.26. The van der Waals surface area contributed by atoms with Crippen molar-refractivity contribution in [2.24, 2.45) is 0 Å². The van der Waals surface area contributed by atoms with Crippen LogP contribution in [0.2, 0.25) is 0 Å². The Bertz CT molecular complexity index is 477. The van der Waals surface area contributed by atoms with E-state index in [9.17, 15) is 5.11 Å². The molecule has 2 aromatic carbocycles. The number of rotatable bonds is 2. The van der Waals surface area contributed by atoms with Crippen LogP contribution in [0.5, 0.6) is 0 Å². The Morgan fingerprint density at radius 3 is 2.12 bits per heavy atom. The van der Waals surface area contributed by atoms with Crippen LogP contribution >= 0.6 is 0 Å². The molecule has 0 heterocycles. The molecule has 2 nitrogen and oxygen atoms in total. The van der Waals surface area contributed by atoms with E-state index < -0.39 is 5.60 Å². The molecule has 0 aliphatic rings. The average Bonchev–Trinajstić information content (AvgIpc) is 2.30. The third-order valence-corrected chi connectivity index (χ3v) is 2.82. The number of nitrogen functional groups attached to an aromatic ring is 1. The smallest absolute Gasteiger partial charge is 0.114 e. The van der Waals surface area contributed by atoms with Gasteiger partial charge < -0.3 is 10.8 Å². The molecule has 0 saturated carbocycles. The Balaban J connectivity index is 2.51. The number of anilines is 1. The lowest BCUT2D eigenvalue weighted by Gasteiger charge is -2.25. The van der Waals surface area contributed by atoms with E-state index in [4.69, 9.17) is 5.73 Å². The molecule has 0 aliphatic carbocycles. The van der Waals surface area contributed by atoms with E-state index in [0.717, 1.165) is 11.1 Å². The maximum absolute atomic E-state index is 10.6. The maximum atomic E-state index is 10.6. The largest absolute Gasteiger partial charge is 0.398 e. The summed E-state index contributed by atoms with van der Waals surface area (Å²) in [5.41, 5.74) is 7.02. The SMILES string of the molecule is C[C@@](O)(c1ccccc1)c1ccccc1N. The minimum absolute atomic E-state index is 0.608. The lowest BCUT2D eigenvalue weighted by Crippen LogP contribution is -2.24. The second-order valence-electron chi connectivity index (χ2n) is 4.03. The van der Waals surface area contributed by atoms with Crippen molar-refractivity contribution < 1.29 is 5.11 Å². The van der Waals surface area contributed by atoms with Gasteiger partial charge in [0.05, 0.1) is 0 Å². The Morgan fingerprint density at radius 1 is 0.938 bits per heavy atom. The Hall–Kier alpha value is -1.80. The number of benzene rings is 2. The number of hydrogen-bond acceptors (Lipinski definition) is 2. The molecule has 0 radical (unpaired) electrons. The molecule has 0 saturated heterocycles. The Labute approximate surface area is 95.4 Å². The first-order chi connectivity index (χ1) is 7.62. The van der Waals surface area contributed by atoms with E-state index >= 15 is 0 Å². The number of nitrogens with two attached hydrogens (primary N) is 1. The van der Waals surface area contributed by atoms with Crippen LogP contribution in [-0.2, 0) is 5.60 Å². The standard InChI is InChI=1S/C14H15NO/c1-14(16,11-7-3-2-4-8-11)12-9-5-6-10-13(12)15/h2-10,16H,15H2,1H3/t14-/m1/s1. The first-order valence-corrected chi connectivity index (χ1v) is 5.25. The molecule has 2 heteroatoms. The van der Waals surface area contributed by atoms with Crippen LogP contribution < -0.4 is 5.73 Å². The van der Waals surface area contributed by atoms with Crippen LogP contribution in [0.4, 0.5) is 5.69 Å². The summed E-state index contributed by atoms with van der Waals surface area (Å²) in [5, 5.41) is 10.6. The van der Waals surface area contributed by atoms with E-state index in [1.54, 1.807) is 13.0 Å². The van der Waals surface area contributed by atoms with Gasteiger partial charge in [0.1, 0.15) is 5.60 Å². The molecule has 0 aromatic heterocycles. The number of para-hydroxylation sites is 1. The van der Waals surface area contributed by atoms with Gasteiger partial charge in [0.25, 0.3) is 0 Å². The number of aliphatic hydroxyl groups is 1. The molecule has 0 aliphatic heterocycles. The molecule has 82 valence electrons. The lowest BCUT2D eigenvalue weighted by molar-refractivity contribution is 0.103. The molecule has 0 unspecified atom stereocenters. The third-order valence-electron chi connectivity index (χ3n) is 2.82. The van der Waals surface area contributed by atoms with Gasteiger partial charge >= 0.3 is 0 Å². The van der Waals surface area contributed by atoms with Gasteiger partial charge in [-0.05, 0) is 18.6 Å². The zero-order chi connectivity index (χ0) is 11.6. The van der Waals surface area contributed by atoms with Crippen LogP contribution in [0.25, 0.3) is 0 Å². The van der Waals surface area contributed by atoms with Crippen LogP contribution in [0.1, 0.15) is 18.1 Å². The van der Waals surface area contributed by atoms with E-state index in [0.29, 0.717) is 5.69 Å². The highest BCUT2D eigenvalue weighted by Crippen LogP contribution is 2.32. The molecular weight excluding hydrogens is 198 g/mol. The van der Waals surface area contributed by atoms with E-state index in [-0.39, 0.29) is 0 Å². The monoisotopic (exact) mass is 213 g/mol. The van der Waals surface area contributed by atoms with Gasteiger partial charge in [-0.2, -0.15) is 0 Å². The highest BCUT2D eigenvalue weighted by atomic mass is 16.3. The second kappa shape index (κ2) is 3.99. The first-order valence-electron chi connectivity index (χ1n) is 5.25. The molecule has 16 heavy (non-hydrogen) atoms. The average molecular weight is 213 g/mol. The molecule has 2 aromatic rings. The van der Waals surface area contributed by atoms with Crippen LogP contribution in [0.15, 0.2) is 54.6 Å². The summed E-state index contributed by atoms with van der Waals surface area (Å²) in [7, 11) is 0. The van der Waals surface area contributed by atoms with Gasteiger partial charge in [-0.1, -0.05) is 48.5 Å². The van der Waals surface area contributed by atoms with Gasteiger partial charge in [0.15, 0.2) is 0 Å². The lowest BCUT2D eigenvalue weighted by atomic mass is 9.87. The highest BCUT2D eigenvalue weighted by molar-refractivity contribution is 5.52. The van der Waals surface area contributed by atoms with Gasteiger partial charge in [0.2, 0.25) is 0 Å². The quantitative estimate of drug-likeness (QED) is 0.753. The molecular formula is C14H15NO. The fraction of sp³-hybridized carbons (Fsp3) is 0.143. The van der Waals surface area contributed by atoms with Crippen molar-refractivity contribution in [1.82, 2.24) is 0 Å².